The Hall–Kier alpha value is -5.07. The van der Waals surface area contributed by atoms with Gasteiger partial charge < -0.3 is 4.74 Å². The van der Waals surface area contributed by atoms with Gasteiger partial charge in [-0.05, 0) is 58.5 Å². The van der Waals surface area contributed by atoms with Crippen LogP contribution in [0.4, 0.5) is 4.39 Å². The van der Waals surface area contributed by atoms with Gasteiger partial charge in [-0.25, -0.2) is 9.38 Å². The summed E-state index contributed by atoms with van der Waals surface area (Å²) in [5, 5.41) is 1.98. The van der Waals surface area contributed by atoms with Gasteiger partial charge in [0.15, 0.2) is 4.80 Å². The zero-order valence-electron chi connectivity index (χ0n) is 23.7. The van der Waals surface area contributed by atoms with Gasteiger partial charge in [-0.2, -0.15) is 0 Å². The van der Waals surface area contributed by atoms with Crippen molar-refractivity contribution in [3.63, 3.8) is 0 Å². The first-order chi connectivity index (χ1) is 21.7. The summed E-state index contributed by atoms with van der Waals surface area (Å²) >= 11 is 1.40. The van der Waals surface area contributed by atoms with Crippen molar-refractivity contribution in [1.82, 2.24) is 4.57 Å². The van der Waals surface area contributed by atoms with Crippen molar-refractivity contribution in [2.24, 2.45) is 4.99 Å². The number of hydrogen-bond acceptors (Lipinski definition) is 4. The monoisotopic (exact) mass is 594 g/mol. The topological polar surface area (TPSA) is 43.6 Å². The fourth-order valence-electron chi connectivity index (χ4n) is 6.41. The van der Waals surface area contributed by atoms with E-state index in [0.29, 0.717) is 20.6 Å². The van der Waals surface area contributed by atoms with Crippen molar-refractivity contribution in [2.75, 3.05) is 0 Å². The second kappa shape index (κ2) is 10.9. The lowest BCUT2D eigenvalue weighted by Crippen LogP contribution is -2.38. The highest BCUT2D eigenvalue weighted by molar-refractivity contribution is 7.07. The Morgan fingerprint density at radius 3 is 2.52 bits per heavy atom. The second-order valence-corrected chi connectivity index (χ2v) is 12.1. The number of aryl methyl sites for hydroxylation is 1. The molecule has 5 aromatic carbocycles. The maximum Gasteiger partial charge on any atom is 0.271 e. The summed E-state index contributed by atoms with van der Waals surface area (Å²) in [7, 11) is 0. The van der Waals surface area contributed by atoms with E-state index in [1.54, 1.807) is 18.2 Å². The Kier molecular flexibility index (Phi) is 6.57. The maximum absolute atomic E-state index is 14.4. The molecule has 0 fully saturated rings. The summed E-state index contributed by atoms with van der Waals surface area (Å²) < 4.78 is 23.1. The number of halogens is 1. The van der Waals surface area contributed by atoms with Crippen molar-refractivity contribution in [2.45, 2.75) is 25.5 Å². The molecule has 2 heterocycles. The molecule has 214 valence electrons. The molecule has 1 aliphatic carbocycles. The number of thiazole rings is 1. The predicted octanol–water partition coefficient (Wildman–Crippen LogP) is 7.19. The van der Waals surface area contributed by atoms with Crippen LogP contribution < -0.4 is 19.6 Å². The zero-order valence-corrected chi connectivity index (χ0v) is 24.6. The number of fused-ring (bicyclic) bond motifs is 4. The third kappa shape index (κ3) is 4.50. The minimum atomic E-state index is -0.311. The third-order valence-corrected chi connectivity index (χ3v) is 9.52. The molecule has 1 atom stereocenters. The quantitative estimate of drug-likeness (QED) is 0.212. The van der Waals surface area contributed by atoms with E-state index in [1.165, 1.54) is 28.5 Å². The number of nitrogens with zero attached hydrogens (tertiary/aromatic N) is 2. The molecule has 0 spiro atoms. The normalized spacial score (nSPS) is 15.8. The summed E-state index contributed by atoms with van der Waals surface area (Å²) in [6.45, 7) is 0.0766. The van der Waals surface area contributed by atoms with Gasteiger partial charge >= 0.3 is 0 Å². The average molecular weight is 595 g/mol. The first kappa shape index (κ1) is 26.5. The first-order valence-electron chi connectivity index (χ1n) is 14.7. The van der Waals surface area contributed by atoms with Gasteiger partial charge in [-0.15, -0.1) is 0 Å². The lowest BCUT2D eigenvalue weighted by molar-refractivity contribution is 0.299. The second-order valence-electron chi connectivity index (χ2n) is 11.1. The minimum absolute atomic E-state index is 0.0766. The molecule has 0 N–H and O–H groups in total. The Balaban J connectivity index is 1.33. The van der Waals surface area contributed by atoms with E-state index in [4.69, 9.17) is 9.73 Å². The molecule has 1 aliphatic heterocycles. The molecule has 44 heavy (non-hydrogen) atoms. The van der Waals surface area contributed by atoms with Crippen LogP contribution in [0.25, 0.3) is 22.5 Å². The molecule has 4 nitrogen and oxygen atoms in total. The maximum atomic E-state index is 14.4. The van der Waals surface area contributed by atoms with Crippen molar-refractivity contribution >= 4 is 33.9 Å². The van der Waals surface area contributed by atoms with Crippen LogP contribution in [-0.4, -0.2) is 4.57 Å². The number of aromatic nitrogens is 1. The lowest BCUT2D eigenvalue weighted by atomic mass is 9.83. The molecule has 6 aromatic rings. The number of rotatable bonds is 5. The van der Waals surface area contributed by atoms with Crippen LogP contribution in [-0.2, 0) is 13.0 Å². The summed E-state index contributed by atoms with van der Waals surface area (Å²) in [6.07, 6.45) is 3.68. The number of ether oxygens (including phenoxy) is 1. The molecular weight excluding hydrogens is 567 g/mol. The van der Waals surface area contributed by atoms with Crippen molar-refractivity contribution < 1.29 is 9.13 Å². The number of allylic oxidation sites excluding steroid dienone is 1. The lowest BCUT2D eigenvalue weighted by Gasteiger charge is -2.30. The first-order valence-corrected chi connectivity index (χ1v) is 15.5. The Labute approximate surface area is 257 Å². The molecule has 0 saturated carbocycles. The Morgan fingerprint density at radius 2 is 1.64 bits per heavy atom. The van der Waals surface area contributed by atoms with E-state index in [9.17, 15) is 9.18 Å². The highest BCUT2D eigenvalue weighted by Crippen LogP contribution is 2.41. The van der Waals surface area contributed by atoms with E-state index < -0.39 is 0 Å². The minimum Gasteiger partial charge on any atom is -0.488 e. The van der Waals surface area contributed by atoms with E-state index in [0.717, 1.165) is 46.0 Å². The van der Waals surface area contributed by atoms with Gasteiger partial charge in [-0.3, -0.25) is 9.36 Å². The largest absolute Gasteiger partial charge is 0.488 e. The van der Waals surface area contributed by atoms with E-state index in [1.807, 2.05) is 65.2 Å². The molecule has 8 rings (SSSR count). The van der Waals surface area contributed by atoms with Crippen molar-refractivity contribution in [3.8, 4) is 5.75 Å². The van der Waals surface area contributed by atoms with Crippen molar-refractivity contribution in [3.05, 3.63) is 174 Å². The van der Waals surface area contributed by atoms with Crippen LogP contribution in [0.15, 0.2) is 131 Å². The van der Waals surface area contributed by atoms with E-state index in [2.05, 4.69) is 36.4 Å². The van der Waals surface area contributed by atoms with Gasteiger partial charge in [0.25, 0.3) is 5.56 Å². The van der Waals surface area contributed by atoms with Gasteiger partial charge in [0.1, 0.15) is 18.2 Å². The van der Waals surface area contributed by atoms with Crippen LogP contribution in [0.2, 0.25) is 0 Å². The Morgan fingerprint density at radius 1 is 0.864 bits per heavy atom. The smallest absolute Gasteiger partial charge is 0.271 e. The average Bonchev–Trinajstić information content (AvgIpc) is 3.38. The fourth-order valence-corrected chi connectivity index (χ4v) is 7.39. The molecule has 0 unspecified atom stereocenters. The molecule has 0 radical (unpaired) electrons. The summed E-state index contributed by atoms with van der Waals surface area (Å²) in [5.74, 6) is 0.278. The van der Waals surface area contributed by atoms with Gasteiger partial charge in [0.05, 0.1) is 16.3 Å². The SMILES string of the molecule is O=c1/c(=C\c2c(OCc3ccccc3F)ccc3ccccc23)sc2n1[C@H](c1ccccc1)C1=C(N=2)c2ccccc2CC1. The fraction of sp³-hybridized carbons (Fsp3) is 0.105. The number of benzene rings is 5. The van der Waals surface area contributed by atoms with Gasteiger partial charge in [0.2, 0.25) is 0 Å². The molecule has 1 aromatic heterocycles. The van der Waals surface area contributed by atoms with Crippen LogP contribution in [0.1, 0.15) is 40.3 Å². The van der Waals surface area contributed by atoms with Gasteiger partial charge in [0, 0.05) is 16.7 Å². The molecular formula is C38H27FN2O2S. The highest BCUT2D eigenvalue weighted by Gasteiger charge is 2.32. The van der Waals surface area contributed by atoms with Crippen LogP contribution in [0.5, 0.6) is 5.75 Å². The molecule has 0 bridgehead atoms. The van der Waals surface area contributed by atoms with Crippen LogP contribution >= 0.6 is 11.3 Å². The van der Waals surface area contributed by atoms with Crippen LogP contribution in [0, 0.1) is 5.82 Å². The zero-order chi connectivity index (χ0) is 29.6. The summed E-state index contributed by atoms with van der Waals surface area (Å²) in [6, 6.07) is 37.0. The standard InChI is InChI=1S/C38H27FN2O2S/c39-32-17-9-6-14-27(32)23-43-33-21-19-24-10-4-7-15-28(24)31(33)22-34-37(42)41-36(26-12-2-1-3-13-26)30-20-18-25-11-5-8-16-29(25)35(30)40-38(41)44-34/h1-17,19,21-22,36H,18,20,23H2/b34-22+/t36-/m1/s1. The van der Waals surface area contributed by atoms with E-state index >= 15 is 0 Å². The predicted molar refractivity (Wildman–Crippen MR) is 174 cm³/mol. The Bertz CT molecular complexity index is 2280. The van der Waals surface area contributed by atoms with E-state index in [-0.39, 0.29) is 24.0 Å². The molecule has 6 heteroatoms. The summed E-state index contributed by atoms with van der Waals surface area (Å²) in [5.41, 5.74) is 6.83. The molecule has 0 amide bonds. The van der Waals surface area contributed by atoms with Crippen molar-refractivity contribution in [1.29, 1.82) is 0 Å². The third-order valence-electron chi connectivity index (χ3n) is 8.54. The summed E-state index contributed by atoms with van der Waals surface area (Å²) in [4.78, 5) is 20.2. The molecule has 2 aliphatic rings. The highest BCUT2D eigenvalue weighted by atomic mass is 32.1. The molecule has 0 saturated heterocycles. The number of hydrogen-bond donors (Lipinski definition) is 0. The van der Waals surface area contributed by atoms with Gasteiger partial charge in [-0.1, -0.05) is 114 Å². The van der Waals surface area contributed by atoms with Crippen LogP contribution in [0.3, 0.4) is 0 Å².